The van der Waals surface area contributed by atoms with Gasteiger partial charge in [-0.15, -0.1) is 0 Å². The van der Waals surface area contributed by atoms with Gasteiger partial charge in [-0.05, 0) is 12.1 Å². The van der Waals surface area contributed by atoms with Crippen LogP contribution in [0.25, 0.3) is 16.9 Å². The highest BCUT2D eigenvalue weighted by Gasteiger charge is 2.22. The summed E-state index contributed by atoms with van der Waals surface area (Å²) in [6, 6.07) is 7.30. The molecule has 0 aliphatic heterocycles. The molecule has 11 nitrogen and oxygen atoms in total. The van der Waals surface area contributed by atoms with Gasteiger partial charge in [-0.2, -0.15) is 4.98 Å². The van der Waals surface area contributed by atoms with Crippen molar-refractivity contribution in [3.63, 3.8) is 0 Å². The van der Waals surface area contributed by atoms with Crippen LogP contribution in [0.5, 0.6) is 23.1 Å². The van der Waals surface area contributed by atoms with Gasteiger partial charge in [0.05, 0.1) is 37.1 Å². The number of methoxy groups -OCH3 is 3. The van der Waals surface area contributed by atoms with Crippen LogP contribution in [-0.2, 0) is 18.0 Å². The van der Waals surface area contributed by atoms with Crippen LogP contribution in [-0.4, -0.2) is 59.2 Å². The van der Waals surface area contributed by atoms with Crippen LogP contribution in [0.15, 0.2) is 35.1 Å². The van der Waals surface area contributed by atoms with Crippen LogP contribution < -0.4 is 24.6 Å². The second-order valence-electron chi connectivity index (χ2n) is 7.58. The molecule has 4 aromatic rings. The van der Waals surface area contributed by atoms with Gasteiger partial charge < -0.3 is 28.8 Å². The lowest BCUT2D eigenvalue weighted by Crippen LogP contribution is -2.16. The van der Waals surface area contributed by atoms with Crippen LogP contribution in [0.4, 0.5) is 4.39 Å². The van der Waals surface area contributed by atoms with Crippen molar-refractivity contribution in [2.45, 2.75) is 13.2 Å². The van der Waals surface area contributed by atoms with Crippen molar-refractivity contribution in [2.24, 2.45) is 0 Å². The third kappa shape index (κ3) is 5.31. The van der Waals surface area contributed by atoms with Crippen LogP contribution >= 0.6 is 11.6 Å². The molecule has 0 spiro atoms. The highest BCUT2D eigenvalue weighted by Crippen LogP contribution is 2.37. The van der Waals surface area contributed by atoms with Crippen molar-refractivity contribution < 1.29 is 33.2 Å². The van der Waals surface area contributed by atoms with E-state index in [1.165, 1.54) is 50.2 Å². The number of aliphatic hydroxyl groups excluding tert-OH is 1. The molecule has 0 aliphatic carbocycles. The first kappa shape index (κ1) is 26.2. The van der Waals surface area contributed by atoms with Crippen molar-refractivity contribution in [3.05, 3.63) is 63.0 Å². The molecule has 0 bridgehead atoms. The van der Waals surface area contributed by atoms with E-state index in [-0.39, 0.29) is 77.1 Å². The average Bonchev–Trinajstić information content (AvgIpc) is 3.22. The molecule has 4 rings (SSSR count). The number of nitrogens with zero attached hydrogens (tertiary/aromatic N) is 3. The second kappa shape index (κ2) is 11.5. The van der Waals surface area contributed by atoms with E-state index in [9.17, 15) is 14.3 Å². The van der Waals surface area contributed by atoms with E-state index >= 15 is 0 Å². The Kier molecular flexibility index (Phi) is 8.11. The molecule has 0 unspecified atom stereocenters. The number of aromatic nitrogens is 4. The van der Waals surface area contributed by atoms with E-state index in [2.05, 4.69) is 15.0 Å². The lowest BCUT2D eigenvalue weighted by molar-refractivity contribution is 0.177. The van der Waals surface area contributed by atoms with Gasteiger partial charge in [-0.3, -0.25) is 4.98 Å². The highest BCUT2D eigenvalue weighted by molar-refractivity contribution is 6.32. The Morgan fingerprint density at radius 1 is 1.05 bits per heavy atom. The molecular formula is C24H24ClFN4O7. The number of aromatic amines is 1. The van der Waals surface area contributed by atoms with E-state index in [1.807, 2.05) is 0 Å². The maximum absolute atomic E-state index is 14.5. The Morgan fingerprint density at radius 3 is 2.54 bits per heavy atom. The summed E-state index contributed by atoms with van der Waals surface area (Å²) in [5, 5.41) is 9.35. The minimum absolute atomic E-state index is 0.0487. The van der Waals surface area contributed by atoms with E-state index in [4.69, 9.17) is 35.3 Å². The summed E-state index contributed by atoms with van der Waals surface area (Å²) in [4.78, 5) is 24.4. The minimum Gasteiger partial charge on any atom is -0.496 e. The first-order chi connectivity index (χ1) is 17.9. The zero-order chi connectivity index (χ0) is 26.5. The molecule has 37 heavy (non-hydrogen) atoms. The molecule has 2 N–H and O–H groups in total. The topological polar surface area (TPSA) is 130 Å². The van der Waals surface area contributed by atoms with Gasteiger partial charge in [0, 0.05) is 19.2 Å². The first-order valence-corrected chi connectivity index (χ1v) is 11.4. The number of H-pyrrole nitrogens is 1. The molecule has 2 aromatic heterocycles. The number of benzene rings is 2. The van der Waals surface area contributed by atoms with E-state index < -0.39 is 11.5 Å². The third-order valence-electron chi connectivity index (χ3n) is 5.29. The number of rotatable bonds is 11. The fourth-order valence-electron chi connectivity index (χ4n) is 3.66. The van der Waals surface area contributed by atoms with Gasteiger partial charge in [-0.1, -0.05) is 17.7 Å². The van der Waals surface area contributed by atoms with Crippen molar-refractivity contribution in [1.82, 2.24) is 19.5 Å². The summed E-state index contributed by atoms with van der Waals surface area (Å²) < 4.78 is 42.9. The minimum atomic E-state index is -0.565. The molecule has 13 heteroatoms. The molecular weight excluding hydrogens is 511 g/mol. The quantitative estimate of drug-likeness (QED) is 0.298. The third-order valence-corrected chi connectivity index (χ3v) is 5.59. The van der Waals surface area contributed by atoms with Crippen molar-refractivity contribution in [1.29, 1.82) is 0 Å². The number of nitrogens with one attached hydrogen (secondary N) is 1. The molecule has 0 atom stereocenters. The van der Waals surface area contributed by atoms with Crippen molar-refractivity contribution in [2.75, 3.05) is 34.5 Å². The summed E-state index contributed by atoms with van der Waals surface area (Å²) in [6.07, 6.45) is 0. The molecule has 0 saturated heterocycles. The number of ether oxygens (including phenoxy) is 5. The highest BCUT2D eigenvalue weighted by atomic mass is 35.5. The van der Waals surface area contributed by atoms with Gasteiger partial charge in [0.2, 0.25) is 5.88 Å². The van der Waals surface area contributed by atoms with E-state index in [1.54, 1.807) is 6.07 Å². The van der Waals surface area contributed by atoms with Gasteiger partial charge in [0.1, 0.15) is 36.9 Å². The SMILES string of the molecule is COCc1nc(OC)c2[nH]c(=O)n(-c3cc(OCc4c(F)cccc4OC)c(OCCO)cc3Cl)c2n1. The normalized spacial score (nSPS) is 11.1. The monoisotopic (exact) mass is 534 g/mol. The van der Waals surface area contributed by atoms with Crippen LogP contribution in [0.3, 0.4) is 0 Å². The zero-order valence-corrected chi connectivity index (χ0v) is 21.0. The van der Waals surface area contributed by atoms with Crippen molar-refractivity contribution in [3.8, 4) is 28.8 Å². The van der Waals surface area contributed by atoms with Crippen molar-refractivity contribution >= 4 is 22.8 Å². The molecule has 2 heterocycles. The molecule has 0 fully saturated rings. The fraction of sp³-hybridized carbons (Fsp3) is 0.292. The number of hydrogen-bond donors (Lipinski definition) is 2. The predicted molar refractivity (Wildman–Crippen MR) is 132 cm³/mol. The molecule has 196 valence electrons. The smallest absolute Gasteiger partial charge is 0.332 e. The number of fused-ring (bicyclic) bond motifs is 1. The summed E-state index contributed by atoms with van der Waals surface area (Å²) in [7, 11) is 4.32. The molecule has 0 amide bonds. The Morgan fingerprint density at radius 2 is 1.84 bits per heavy atom. The first-order valence-electron chi connectivity index (χ1n) is 11.0. The summed E-state index contributed by atoms with van der Waals surface area (Å²) >= 11 is 6.56. The average molecular weight is 535 g/mol. The second-order valence-corrected chi connectivity index (χ2v) is 7.99. The van der Waals surface area contributed by atoms with E-state index in [0.717, 1.165) is 0 Å². The van der Waals surface area contributed by atoms with E-state index in [0.29, 0.717) is 5.75 Å². The summed E-state index contributed by atoms with van der Waals surface area (Å²) in [6.45, 7) is -0.455. The van der Waals surface area contributed by atoms with Gasteiger partial charge >= 0.3 is 5.69 Å². The summed E-state index contributed by atoms with van der Waals surface area (Å²) in [5.41, 5.74) is 0.262. The molecule has 0 aliphatic rings. The lowest BCUT2D eigenvalue weighted by atomic mass is 10.2. The molecule has 0 saturated carbocycles. The predicted octanol–water partition coefficient (Wildman–Crippen LogP) is 3.02. The number of hydrogen-bond acceptors (Lipinski definition) is 9. The number of aliphatic hydroxyl groups is 1. The largest absolute Gasteiger partial charge is 0.496 e. The van der Waals surface area contributed by atoms with Gasteiger partial charge in [-0.25, -0.2) is 18.7 Å². The summed E-state index contributed by atoms with van der Waals surface area (Å²) in [5.74, 6) is 0.524. The zero-order valence-electron chi connectivity index (χ0n) is 20.2. The standard InChI is InChI=1S/C24H24ClFN4O7/c1-33-12-20-27-22-21(23(28-20)35-3)29-24(32)30(22)16-10-19(18(9-14(16)25)36-8-7-31)37-11-13-15(26)5-4-6-17(13)34-2/h4-6,9-10,31H,7-8,11-12H2,1-3H3,(H,29,32). The molecule has 2 aromatic carbocycles. The van der Waals surface area contributed by atoms with Crippen LogP contribution in [0.1, 0.15) is 11.4 Å². The Balaban J connectivity index is 1.85. The maximum atomic E-state index is 14.5. The lowest BCUT2D eigenvalue weighted by Gasteiger charge is -2.17. The fourth-order valence-corrected chi connectivity index (χ4v) is 3.90. The van der Waals surface area contributed by atoms with Crippen LogP contribution in [0.2, 0.25) is 5.02 Å². The number of imidazole rings is 1. The molecule has 0 radical (unpaired) electrons. The van der Waals surface area contributed by atoms with Gasteiger partial charge in [0.15, 0.2) is 23.0 Å². The van der Waals surface area contributed by atoms with Gasteiger partial charge in [0.25, 0.3) is 0 Å². The Bertz CT molecular complexity index is 1470. The Hall–Kier alpha value is -3.87. The number of halogens is 2. The Labute approximate surface area is 215 Å². The van der Waals surface area contributed by atoms with Crippen LogP contribution in [0, 0.1) is 5.82 Å². The maximum Gasteiger partial charge on any atom is 0.332 e.